The fourth-order valence-electron chi connectivity index (χ4n) is 1.20. The van der Waals surface area contributed by atoms with Gasteiger partial charge in [0.25, 0.3) is 5.56 Å². The van der Waals surface area contributed by atoms with Crippen molar-refractivity contribution in [3.63, 3.8) is 0 Å². The highest BCUT2D eigenvalue weighted by Crippen LogP contribution is 2.15. The lowest BCUT2D eigenvalue weighted by Crippen LogP contribution is -2.24. The maximum absolute atomic E-state index is 11.3. The number of nitrogens with zero attached hydrogens (tertiary/aromatic N) is 1. The van der Waals surface area contributed by atoms with Crippen LogP contribution >= 0.6 is 0 Å². The van der Waals surface area contributed by atoms with E-state index < -0.39 is 0 Å². The molecule has 0 saturated carbocycles. The molecule has 6 nitrogen and oxygen atoms in total. The van der Waals surface area contributed by atoms with Crippen LogP contribution in [-0.2, 0) is 4.74 Å². The number of rotatable bonds is 5. The number of hydrogen-bond acceptors (Lipinski definition) is 5. The van der Waals surface area contributed by atoms with Gasteiger partial charge < -0.3 is 19.8 Å². The molecule has 1 rings (SSSR count). The third kappa shape index (κ3) is 2.95. The van der Waals surface area contributed by atoms with Crippen LogP contribution in [0.2, 0.25) is 0 Å². The molecule has 2 N–H and O–H groups in total. The Labute approximate surface area is 87.6 Å². The van der Waals surface area contributed by atoms with Crippen LogP contribution in [0.5, 0.6) is 5.75 Å². The van der Waals surface area contributed by atoms with Crippen molar-refractivity contribution in [2.45, 2.75) is 13.0 Å². The predicted molar refractivity (Wildman–Crippen MR) is 56.4 cm³/mol. The van der Waals surface area contributed by atoms with E-state index in [2.05, 4.69) is 15.3 Å². The van der Waals surface area contributed by atoms with Gasteiger partial charge in [0.05, 0.1) is 20.0 Å². The zero-order chi connectivity index (χ0) is 11.3. The van der Waals surface area contributed by atoms with Crippen molar-refractivity contribution in [3.8, 4) is 5.75 Å². The molecular weight excluding hydrogens is 198 g/mol. The lowest BCUT2D eigenvalue weighted by Gasteiger charge is -2.14. The van der Waals surface area contributed by atoms with Gasteiger partial charge in [0, 0.05) is 13.2 Å². The molecule has 0 spiro atoms. The summed E-state index contributed by atoms with van der Waals surface area (Å²) in [5.74, 6) is 0.603. The van der Waals surface area contributed by atoms with Gasteiger partial charge in [-0.25, -0.2) is 4.98 Å². The van der Waals surface area contributed by atoms with Crippen LogP contribution in [0.3, 0.4) is 0 Å². The minimum atomic E-state index is -0.306. The second-order valence-electron chi connectivity index (χ2n) is 3.11. The summed E-state index contributed by atoms with van der Waals surface area (Å²) in [5.41, 5.74) is -0.306. The Bertz CT molecular complexity index is 364. The van der Waals surface area contributed by atoms with E-state index in [4.69, 9.17) is 9.47 Å². The first-order chi connectivity index (χ1) is 7.19. The summed E-state index contributed by atoms with van der Waals surface area (Å²) >= 11 is 0. The molecule has 1 atom stereocenters. The average molecular weight is 213 g/mol. The van der Waals surface area contributed by atoms with Crippen LogP contribution < -0.4 is 15.6 Å². The summed E-state index contributed by atoms with van der Waals surface area (Å²) < 4.78 is 9.91. The Balaban J connectivity index is 2.84. The van der Waals surface area contributed by atoms with E-state index in [-0.39, 0.29) is 17.4 Å². The normalized spacial score (nSPS) is 12.2. The van der Waals surface area contributed by atoms with Gasteiger partial charge in [-0.15, -0.1) is 0 Å². The summed E-state index contributed by atoms with van der Waals surface area (Å²) in [6, 6.07) is 0.0539. The first-order valence-corrected chi connectivity index (χ1v) is 4.56. The maximum atomic E-state index is 11.3. The summed E-state index contributed by atoms with van der Waals surface area (Å²) in [6.07, 6.45) is 1.33. The molecule has 0 fully saturated rings. The maximum Gasteiger partial charge on any atom is 0.295 e. The average Bonchev–Trinajstić information content (AvgIpc) is 2.18. The number of nitrogens with one attached hydrogen (secondary N) is 2. The lowest BCUT2D eigenvalue weighted by molar-refractivity contribution is 0.190. The molecule has 15 heavy (non-hydrogen) atoms. The van der Waals surface area contributed by atoms with Crippen molar-refractivity contribution in [3.05, 3.63) is 16.7 Å². The van der Waals surface area contributed by atoms with Crippen molar-refractivity contribution in [1.29, 1.82) is 0 Å². The predicted octanol–water partition coefficient (Wildman–Crippen LogP) is 0.225. The molecule has 0 saturated heterocycles. The molecule has 0 aromatic carbocycles. The molecule has 6 heteroatoms. The third-order valence-corrected chi connectivity index (χ3v) is 1.81. The second-order valence-corrected chi connectivity index (χ2v) is 3.11. The molecule has 0 amide bonds. The molecule has 1 unspecified atom stereocenters. The van der Waals surface area contributed by atoms with Crippen LogP contribution in [0.25, 0.3) is 0 Å². The van der Waals surface area contributed by atoms with E-state index in [1.54, 1.807) is 7.11 Å². The van der Waals surface area contributed by atoms with Crippen LogP contribution in [-0.4, -0.2) is 36.8 Å². The van der Waals surface area contributed by atoms with E-state index >= 15 is 0 Å². The Morgan fingerprint density at radius 2 is 2.33 bits per heavy atom. The summed E-state index contributed by atoms with van der Waals surface area (Å²) in [4.78, 5) is 17.7. The van der Waals surface area contributed by atoms with Crippen LogP contribution in [0, 0.1) is 0 Å². The van der Waals surface area contributed by atoms with Crippen LogP contribution in [0.15, 0.2) is 11.1 Å². The second kappa shape index (κ2) is 5.35. The first kappa shape index (κ1) is 11.5. The van der Waals surface area contributed by atoms with Gasteiger partial charge in [0.15, 0.2) is 5.82 Å². The van der Waals surface area contributed by atoms with E-state index in [9.17, 15) is 4.79 Å². The number of aromatic amines is 1. The van der Waals surface area contributed by atoms with Gasteiger partial charge in [-0.1, -0.05) is 0 Å². The zero-order valence-electron chi connectivity index (χ0n) is 9.03. The fraction of sp³-hybridized carbons (Fsp3) is 0.556. The van der Waals surface area contributed by atoms with Gasteiger partial charge in [-0.2, -0.15) is 0 Å². The standard InChI is InChI=1S/C9H15N3O3/c1-6(4-14-2)12-8-7(15-3)9(13)11-5-10-8/h5-6H,4H2,1-3H3,(H2,10,11,12,13). The van der Waals surface area contributed by atoms with Gasteiger partial charge >= 0.3 is 0 Å². The molecule has 0 aliphatic heterocycles. The Hall–Kier alpha value is -1.56. The van der Waals surface area contributed by atoms with Crippen LogP contribution in [0.4, 0.5) is 5.82 Å². The lowest BCUT2D eigenvalue weighted by atomic mass is 10.3. The van der Waals surface area contributed by atoms with Crippen molar-refractivity contribution in [1.82, 2.24) is 9.97 Å². The molecule has 0 aliphatic carbocycles. The number of aromatic nitrogens is 2. The molecule has 1 aromatic heterocycles. The molecule has 1 heterocycles. The number of hydrogen-bond donors (Lipinski definition) is 2. The highest BCUT2D eigenvalue weighted by Gasteiger charge is 2.10. The van der Waals surface area contributed by atoms with Crippen molar-refractivity contribution < 1.29 is 9.47 Å². The summed E-state index contributed by atoms with van der Waals surface area (Å²) in [7, 11) is 3.04. The summed E-state index contributed by atoms with van der Waals surface area (Å²) in [6.45, 7) is 2.45. The highest BCUT2D eigenvalue weighted by atomic mass is 16.5. The largest absolute Gasteiger partial charge is 0.489 e. The molecule has 84 valence electrons. The number of anilines is 1. The van der Waals surface area contributed by atoms with E-state index in [1.807, 2.05) is 6.92 Å². The van der Waals surface area contributed by atoms with E-state index in [0.717, 1.165) is 0 Å². The molecular formula is C9H15N3O3. The van der Waals surface area contributed by atoms with Gasteiger partial charge in [-0.3, -0.25) is 4.79 Å². The monoisotopic (exact) mass is 213 g/mol. The Morgan fingerprint density at radius 3 is 2.93 bits per heavy atom. The number of methoxy groups -OCH3 is 2. The summed E-state index contributed by atoms with van der Waals surface area (Å²) in [5, 5.41) is 3.02. The van der Waals surface area contributed by atoms with Gasteiger partial charge in [-0.05, 0) is 6.92 Å². The highest BCUT2D eigenvalue weighted by molar-refractivity contribution is 5.48. The quantitative estimate of drug-likeness (QED) is 0.732. The minimum Gasteiger partial charge on any atom is -0.489 e. The molecule has 0 aliphatic rings. The minimum absolute atomic E-state index is 0.0539. The number of ether oxygens (including phenoxy) is 2. The first-order valence-electron chi connectivity index (χ1n) is 4.56. The molecule has 0 radical (unpaired) electrons. The number of H-pyrrole nitrogens is 1. The fourth-order valence-corrected chi connectivity index (χ4v) is 1.20. The molecule has 1 aromatic rings. The Kier molecular flexibility index (Phi) is 4.11. The van der Waals surface area contributed by atoms with E-state index in [0.29, 0.717) is 12.4 Å². The van der Waals surface area contributed by atoms with Gasteiger partial charge in [0.2, 0.25) is 5.75 Å². The van der Waals surface area contributed by atoms with Crippen LogP contribution in [0.1, 0.15) is 6.92 Å². The smallest absolute Gasteiger partial charge is 0.295 e. The van der Waals surface area contributed by atoms with Gasteiger partial charge in [0.1, 0.15) is 0 Å². The van der Waals surface area contributed by atoms with Crippen molar-refractivity contribution in [2.75, 3.05) is 26.1 Å². The van der Waals surface area contributed by atoms with Crippen molar-refractivity contribution in [2.24, 2.45) is 0 Å². The Morgan fingerprint density at radius 1 is 1.60 bits per heavy atom. The zero-order valence-corrected chi connectivity index (χ0v) is 9.03. The van der Waals surface area contributed by atoms with E-state index in [1.165, 1.54) is 13.4 Å². The SMILES string of the molecule is COCC(C)Nc1nc[nH]c(=O)c1OC. The third-order valence-electron chi connectivity index (χ3n) is 1.81. The molecule has 0 bridgehead atoms. The van der Waals surface area contributed by atoms with Crippen molar-refractivity contribution >= 4 is 5.82 Å². The topological polar surface area (TPSA) is 76.2 Å².